The zero-order valence-electron chi connectivity index (χ0n) is 20.7. The summed E-state index contributed by atoms with van der Waals surface area (Å²) in [5.74, 6) is -4.18. The molecule has 0 atom stereocenters. The van der Waals surface area contributed by atoms with E-state index < -0.39 is 70.8 Å². The summed E-state index contributed by atoms with van der Waals surface area (Å²) in [5, 5.41) is 39.4. The van der Waals surface area contributed by atoms with Crippen LogP contribution in [0.4, 0.5) is 5.69 Å². The maximum Gasteiger partial charge on any atom is 0.315 e. The minimum Gasteiger partial charge on any atom is -0.504 e. The average Bonchev–Trinajstić information content (AvgIpc) is 2.59. The molecule has 22 heavy (non-hydrogen) atoms. The van der Waals surface area contributed by atoms with Crippen molar-refractivity contribution in [1.29, 1.82) is 5.26 Å². The first kappa shape index (κ1) is 7.26. The lowest BCUT2D eigenvalue weighted by molar-refractivity contribution is -0.386. The van der Waals surface area contributed by atoms with E-state index in [-0.39, 0.29) is 0 Å². The molecule has 8 nitrogen and oxygen atoms in total. The molecule has 0 radical (unpaired) electrons. The van der Waals surface area contributed by atoms with Crippen molar-refractivity contribution in [3.8, 4) is 17.6 Å². The summed E-state index contributed by atoms with van der Waals surface area (Å²) in [6, 6.07) is 2.47. The van der Waals surface area contributed by atoms with Gasteiger partial charge in [-0.25, -0.2) is 0 Å². The molecule has 0 aliphatic carbocycles. The molecule has 8 heteroatoms. The number of hydrogen-bond donors (Lipinski definition) is 2. The van der Waals surface area contributed by atoms with Gasteiger partial charge in [0.1, 0.15) is 11.6 Å². The second-order valence-electron chi connectivity index (χ2n) is 3.70. The quantitative estimate of drug-likeness (QED) is 0.213. The number of aromatic hydroxyl groups is 2. The van der Waals surface area contributed by atoms with Crippen LogP contribution in [0, 0.1) is 21.4 Å². The minimum absolute atomic E-state index is 0.472. The van der Waals surface area contributed by atoms with Crippen molar-refractivity contribution >= 4 is 17.7 Å². The number of phenols is 2. The first-order valence-electron chi connectivity index (χ1n) is 10.4. The van der Waals surface area contributed by atoms with Gasteiger partial charge in [-0.3, -0.25) is 14.9 Å². The Morgan fingerprint density at radius 3 is 2.68 bits per heavy atom. The summed E-state index contributed by atoms with van der Waals surface area (Å²) in [4.78, 5) is 21.9. The molecule has 1 aromatic rings. The van der Waals surface area contributed by atoms with Gasteiger partial charge in [0, 0.05) is 32.8 Å². The maximum atomic E-state index is 12.8. The highest BCUT2D eigenvalue weighted by atomic mass is 16.6. The van der Waals surface area contributed by atoms with Gasteiger partial charge in [0.25, 0.3) is 5.91 Å². The number of nitro groups is 1. The molecule has 0 saturated heterocycles. The number of rotatable bonds is 5. The largest absolute Gasteiger partial charge is 0.504 e. The van der Waals surface area contributed by atoms with Crippen LogP contribution in [0.25, 0.3) is 6.08 Å². The Bertz CT molecular complexity index is 984. The van der Waals surface area contributed by atoms with Crippen molar-refractivity contribution in [2.45, 2.75) is 13.7 Å². The maximum absolute atomic E-state index is 12.8. The Balaban J connectivity index is 3.79. The van der Waals surface area contributed by atoms with E-state index in [1.807, 2.05) is 0 Å². The third kappa shape index (κ3) is 3.52. The Labute approximate surface area is 140 Å². The van der Waals surface area contributed by atoms with Crippen LogP contribution in [0.3, 0.4) is 0 Å². The molecule has 0 aliphatic rings. The van der Waals surface area contributed by atoms with Gasteiger partial charge in [0.05, 0.1) is 4.92 Å². The van der Waals surface area contributed by atoms with Crippen molar-refractivity contribution in [3.63, 3.8) is 0 Å². The number of benzene rings is 1. The van der Waals surface area contributed by atoms with Crippen LogP contribution in [0.1, 0.15) is 33.0 Å². The molecule has 0 unspecified atom stereocenters. The number of amides is 1. The van der Waals surface area contributed by atoms with E-state index >= 15 is 0 Å². The number of nitro benzene ring substituents is 1. The van der Waals surface area contributed by atoms with Crippen LogP contribution >= 0.6 is 0 Å². The Hall–Kier alpha value is -3.08. The molecule has 116 valence electrons. The van der Waals surface area contributed by atoms with Crippen molar-refractivity contribution in [1.82, 2.24) is 4.90 Å². The summed E-state index contributed by atoms with van der Waals surface area (Å²) in [5.41, 5.74) is -2.74. The SMILES string of the molecule is [2H]C([2H])([2H])C([2H])([2H])N([13C](=O)/[13C](C#N)=C/c1cc(O)c(O)c([N+](=O)[O-])c1)C([2H])([2H])C([2H])([2H])[2H]. The number of nitriles is 1. The van der Waals surface area contributed by atoms with Gasteiger partial charge >= 0.3 is 5.69 Å². The number of likely N-dealkylation sites (N-methyl/N-ethyl adjacent to an activating group) is 1. The molecule has 0 saturated carbocycles. The number of phenolic OH excluding ortho intramolecular Hbond substituents is 2. The van der Waals surface area contributed by atoms with Crippen LogP contribution in [0.5, 0.6) is 11.5 Å². The fraction of sp³-hybridized carbons (Fsp3) is 0.286. The second kappa shape index (κ2) is 7.08. The molecule has 0 spiro atoms. The fourth-order valence-electron chi connectivity index (χ4n) is 1.41. The Morgan fingerprint density at radius 2 is 2.18 bits per heavy atom. The summed E-state index contributed by atoms with van der Waals surface area (Å²) >= 11 is 0. The summed E-state index contributed by atoms with van der Waals surface area (Å²) in [7, 11) is 0. The van der Waals surface area contributed by atoms with E-state index in [4.69, 9.17) is 13.7 Å². The van der Waals surface area contributed by atoms with E-state index in [2.05, 4.69) is 0 Å². The standard InChI is InChI=1S/C14H15N3O5/c1-3-16(4-2)14(20)10(8-15)5-9-6-11(17(21)22)13(19)12(18)7-9/h5-7,18-19H,3-4H2,1-2H3/b10-5+/i1D3,2D3,3D2,4D2,10+1,14+1. The van der Waals surface area contributed by atoms with Gasteiger partial charge in [0.15, 0.2) is 5.75 Å². The summed E-state index contributed by atoms with van der Waals surface area (Å²) in [6.45, 7) is -15.3. The van der Waals surface area contributed by atoms with Crippen molar-refractivity contribution in [3.05, 3.63) is 33.4 Å². The van der Waals surface area contributed by atoms with E-state index in [0.29, 0.717) is 18.2 Å². The molecule has 2 N–H and O–H groups in total. The highest BCUT2D eigenvalue weighted by molar-refractivity contribution is 6.01. The van der Waals surface area contributed by atoms with Gasteiger partial charge in [-0.15, -0.1) is 0 Å². The first-order chi connectivity index (χ1) is 14.2. The van der Waals surface area contributed by atoms with Crippen LogP contribution in [-0.2, 0) is 4.79 Å². The van der Waals surface area contributed by atoms with Gasteiger partial charge in [-0.1, -0.05) is 0 Å². The smallest absolute Gasteiger partial charge is 0.315 e. The number of carbonyl (C=O) groups excluding carboxylic acids is 1. The zero-order chi connectivity index (χ0) is 25.4. The predicted molar refractivity (Wildman–Crippen MR) is 77.9 cm³/mol. The van der Waals surface area contributed by atoms with E-state index in [1.54, 1.807) is 0 Å². The van der Waals surface area contributed by atoms with Crippen LogP contribution < -0.4 is 0 Å². The summed E-state index contributed by atoms with van der Waals surface area (Å²) < 4.78 is 74.5. The predicted octanol–water partition coefficient (Wildman–Crippen LogP) is 1.78. The van der Waals surface area contributed by atoms with Gasteiger partial charge in [0.2, 0.25) is 5.75 Å². The number of hydrogen-bond acceptors (Lipinski definition) is 6. The topological polar surface area (TPSA) is 128 Å². The molecule has 1 amide bonds. The average molecular weight is 317 g/mol. The molecule has 1 rings (SSSR count). The van der Waals surface area contributed by atoms with Gasteiger partial charge in [-0.2, -0.15) is 5.26 Å². The third-order valence-electron chi connectivity index (χ3n) is 2.38. The van der Waals surface area contributed by atoms with Crippen molar-refractivity contribution < 1.29 is 33.6 Å². The molecule has 0 aliphatic heterocycles. The lowest BCUT2D eigenvalue weighted by atomic mass is 10.1. The van der Waals surface area contributed by atoms with Gasteiger partial charge in [-0.05, 0) is 31.4 Å². The molecular formula is C14H15N3O5. The van der Waals surface area contributed by atoms with E-state index in [1.165, 1.54) is 6.07 Å². The second-order valence-corrected chi connectivity index (χ2v) is 3.70. The molecule has 0 heterocycles. The zero-order valence-corrected chi connectivity index (χ0v) is 10.7. The van der Waals surface area contributed by atoms with Crippen LogP contribution in [0.2, 0.25) is 0 Å². The summed E-state index contributed by atoms with van der Waals surface area (Å²) in [6.07, 6.45) is 0.493. The number of carbonyl (C=O) groups is 1. The Kier molecular flexibility index (Phi) is 2.34. The Morgan fingerprint density at radius 1 is 1.55 bits per heavy atom. The fourth-order valence-corrected chi connectivity index (χ4v) is 1.41. The van der Waals surface area contributed by atoms with Crippen molar-refractivity contribution in [2.24, 2.45) is 0 Å². The first-order valence-corrected chi connectivity index (χ1v) is 5.37. The monoisotopic (exact) mass is 317 g/mol. The van der Waals surface area contributed by atoms with Crippen LogP contribution in [-0.4, -0.2) is 38.9 Å². The third-order valence-corrected chi connectivity index (χ3v) is 2.38. The molecule has 0 bridgehead atoms. The molecular weight excluding hydrogens is 292 g/mol. The van der Waals surface area contributed by atoms with Crippen LogP contribution in [0.15, 0.2) is 17.7 Å². The molecule has 0 fully saturated rings. The highest BCUT2D eigenvalue weighted by Crippen LogP contribution is 2.36. The van der Waals surface area contributed by atoms with Gasteiger partial charge < -0.3 is 15.1 Å². The van der Waals surface area contributed by atoms with E-state index in [0.717, 1.165) is 0 Å². The lowest BCUT2D eigenvalue weighted by Crippen LogP contribution is -2.31. The lowest BCUT2D eigenvalue weighted by Gasteiger charge is -2.17. The normalized spacial score (nSPS) is 20.0. The van der Waals surface area contributed by atoms with Crippen molar-refractivity contribution in [2.75, 3.05) is 13.0 Å². The molecule has 1 aromatic carbocycles. The number of nitrogens with zero attached hydrogens (tertiary/aromatic N) is 3. The molecule has 0 aromatic heterocycles. The highest BCUT2D eigenvalue weighted by Gasteiger charge is 2.20. The van der Waals surface area contributed by atoms with E-state index in [9.17, 15) is 30.4 Å². The minimum atomic E-state index is -3.92.